The first-order valence-corrected chi connectivity index (χ1v) is 12.8. The Hall–Kier alpha value is -2.50. The number of benzene rings is 2. The van der Waals surface area contributed by atoms with Gasteiger partial charge >= 0.3 is 0 Å². The van der Waals surface area contributed by atoms with Crippen molar-refractivity contribution in [2.24, 2.45) is 0 Å². The standard InChI is InChI=1S/C18H26N2O2.C11H14O/c21-13-19-17(12-20-9-3-4-10-20)18(22)16-8-7-14-5-1-2-6-15(14)11-16;1-3-4-11(12)10-7-5-9(2)6-8-10/h7-8,11,13,17-18,22H,1-6,9-10,12H2,(H,19,21);5-8H,3-4H2,1-2H3/t17-,18?;/m1./s1. The van der Waals surface area contributed by atoms with Crippen molar-refractivity contribution in [2.45, 2.75) is 77.4 Å². The van der Waals surface area contributed by atoms with Gasteiger partial charge in [0.05, 0.1) is 6.04 Å². The van der Waals surface area contributed by atoms with Crippen LogP contribution in [0.15, 0.2) is 42.5 Å². The SMILES string of the molecule is CCCC(=O)c1ccc(C)cc1.O=CN[C@H](CN1CCCC1)C(O)c1ccc2c(c1)CCCC2. The Morgan fingerprint density at radius 2 is 1.71 bits per heavy atom. The second kappa shape index (κ2) is 13.4. The van der Waals surface area contributed by atoms with Crippen LogP contribution in [-0.4, -0.2) is 47.9 Å². The molecule has 2 aromatic rings. The number of rotatable bonds is 9. The van der Waals surface area contributed by atoms with Gasteiger partial charge in [0.2, 0.25) is 6.41 Å². The van der Waals surface area contributed by atoms with Gasteiger partial charge in [-0.2, -0.15) is 0 Å². The zero-order valence-electron chi connectivity index (χ0n) is 20.8. The number of Topliss-reactive ketones (excluding diaryl/α,β-unsaturated/α-hetero) is 1. The molecule has 2 atom stereocenters. The number of nitrogens with zero attached hydrogens (tertiary/aromatic N) is 1. The van der Waals surface area contributed by atoms with Gasteiger partial charge < -0.3 is 15.3 Å². The van der Waals surface area contributed by atoms with Gasteiger partial charge in [0.1, 0.15) is 6.10 Å². The van der Waals surface area contributed by atoms with Crippen LogP contribution in [0, 0.1) is 6.92 Å². The first-order valence-electron chi connectivity index (χ1n) is 12.8. The van der Waals surface area contributed by atoms with Gasteiger partial charge in [-0.25, -0.2) is 0 Å². The van der Waals surface area contributed by atoms with E-state index in [1.807, 2.05) is 44.2 Å². The molecule has 1 fully saturated rings. The summed E-state index contributed by atoms with van der Waals surface area (Å²) in [4.78, 5) is 24.6. The minimum Gasteiger partial charge on any atom is -0.386 e. The summed E-state index contributed by atoms with van der Waals surface area (Å²) >= 11 is 0. The number of hydrogen-bond donors (Lipinski definition) is 2. The third-order valence-corrected chi connectivity index (χ3v) is 6.88. The number of carbonyl (C=O) groups is 2. The van der Waals surface area contributed by atoms with Crippen molar-refractivity contribution in [2.75, 3.05) is 19.6 Å². The van der Waals surface area contributed by atoms with E-state index in [2.05, 4.69) is 22.3 Å². The van der Waals surface area contributed by atoms with Crippen LogP contribution in [-0.2, 0) is 17.6 Å². The van der Waals surface area contributed by atoms with Gasteiger partial charge in [0.15, 0.2) is 5.78 Å². The molecule has 1 aliphatic carbocycles. The summed E-state index contributed by atoms with van der Waals surface area (Å²) in [6.45, 7) is 6.89. The lowest BCUT2D eigenvalue weighted by Crippen LogP contribution is -2.43. The van der Waals surface area contributed by atoms with Gasteiger partial charge in [-0.15, -0.1) is 0 Å². The molecule has 1 amide bonds. The molecule has 5 heteroatoms. The van der Waals surface area contributed by atoms with Crippen LogP contribution < -0.4 is 5.32 Å². The molecule has 0 radical (unpaired) electrons. The predicted molar refractivity (Wildman–Crippen MR) is 137 cm³/mol. The van der Waals surface area contributed by atoms with Gasteiger partial charge in [-0.1, -0.05) is 55.0 Å². The van der Waals surface area contributed by atoms with Crippen LogP contribution in [0.3, 0.4) is 0 Å². The molecule has 2 aliphatic rings. The quantitative estimate of drug-likeness (QED) is 0.414. The zero-order chi connectivity index (χ0) is 24.3. The number of fused-ring (bicyclic) bond motifs is 1. The molecule has 184 valence electrons. The van der Waals surface area contributed by atoms with Crippen molar-refractivity contribution < 1.29 is 14.7 Å². The fourth-order valence-corrected chi connectivity index (χ4v) is 4.85. The highest BCUT2D eigenvalue weighted by atomic mass is 16.3. The number of likely N-dealkylation sites (tertiary alicyclic amines) is 1. The Balaban J connectivity index is 0.000000229. The Kier molecular flexibility index (Phi) is 10.3. The molecular formula is C29H40N2O3. The van der Waals surface area contributed by atoms with Crippen LogP contribution in [0.5, 0.6) is 0 Å². The van der Waals surface area contributed by atoms with Gasteiger partial charge in [-0.05, 0) is 81.6 Å². The van der Waals surface area contributed by atoms with E-state index in [9.17, 15) is 14.7 Å². The minimum atomic E-state index is -0.641. The van der Waals surface area contributed by atoms with E-state index in [1.54, 1.807) is 0 Å². The lowest BCUT2D eigenvalue weighted by atomic mass is 9.88. The zero-order valence-corrected chi connectivity index (χ0v) is 20.8. The van der Waals surface area contributed by atoms with Crippen LogP contribution in [0.25, 0.3) is 0 Å². The number of carbonyl (C=O) groups excluding carboxylic acids is 2. The predicted octanol–water partition coefficient (Wildman–Crippen LogP) is 4.79. The second-order valence-corrected chi connectivity index (χ2v) is 9.62. The number of aryl methyl sites for hydroxylation is 3. The number of ketones is 1. The molecule has 1 aliphatic heterocycles. The Labute approximate surface area is 204 Å². The lowest BCUT2D eigenvalue weighted by Gasteiger charge is -2.28. The molecule has 0 bridgehead atoms. The summed E-state index contributed by atoms with van der Waals surface area (Å²) in [5.74, 6) is 0.248. The highest BCUT2D eigenvalue weighted by Crippen LogP contribution is 2.26. The number of aliphatic hydroxyl groups excluding tert-OH is 1. The maximum absolute atomic E-state index is 11.4. The summed E-state index contributed by atoms with van der Waals surface area (Å²) in [7, 11) is 0. The highest BCUT2D eigenvalue weighted by molar-refractivity contribution is 5.95. The highest BCUT2D eigenvalue weighted by Gasteiger charge is 2.25. The lowest BCUT2D eigenvalue weighted by molar-refractivity contribution is -0.111. The van der Waals surface area contributed by atoms with Gasteiger partial charge in [0.25, 0.3) is 0 Å². The Morgan fingerprint density at radius 1 is 1.03 bits per heavy atom. The fraction of sp³-hybridized carbons (Fsp3) is 0.517. The van der Waals surface area contributed by atoms with E-state index in [0.29, 0.717) is 12.8 Å². The van der Waals surface area contributed by atoms with Crippen molar-refractivity contribution in [3.05, 3.63) is 70.3 Å². The monoisotopic (exact) mass is 464 g/mol. The molecule has 2 N–H and O–H groups in total. The smallest absolute Gasteiger partial charge is 0.207 e. The first-order chi connectivity index (χ1) is 16.5. The summed E-state index contributed by atoms with van der Waals surface area (Å²) in [6.07, 6.45) is 8.82. The molecular weight excluding hydrogens is 424 g/mol. The Morgan fingerprint density at radius 3 is 2.35 bits per heavy atom. The molecule has 4 rings (SSSR count). The van der Waals surface area contributed by atoms with Crippen molar-refractivity contribution in [3.63, 3.8) is 0 Å². The summed E-state index contributed by atoms with van der Waals surface area (Å²) in [5, 5.41) is 13.5. The van der Waals surface area contributed by atoms with Gasteiger partial charge in [0, 0.05) is 18.5 Å². The molecule has 0 saturated carbocycles. The molecule has 1 heterocycles. The summed E-state index contributed by atoms with van der Waals surface area (Å²) < 4.78 is 0. The van der Waals surface area contributed by atoms with Crippen LogP contribution in [0.1, 0.15) is 84.2 Å². The molecule has 0 aromatic heterocycles. The largest absolute Gasteiger partial charge is 0.386 e. The van der Waals surface area contributed by atoms with Gasteiger partial charge in [-0.3, -0.25) is 9.59 Å². The van der Waals surface area contributed by atoms with E-state index in [1.165, 1.54) is 42.4 Å². The van der Waals surface area contributed by atoms with Crippen molar-refractivity contribution in [1.29, 1.82) is 0 Å². The number of amides is 1. The fourth-order valence-electron chi connectivity index (χ4n) is 4.85. The average Bonchev–Trinajstić information content (AvgIpc) is 3.37. The third-order valence-electron chi connectivity index (χ3n) is 6.88. The molecule has 1 unspecified atom stereocenters. The Bertz CT molecular complexity index is 919. The van der Waals surface area contributed by atoms with E-state index >= 15 is 0 Å². The summed E-state index contributed by atoms with van der Waals surface area (Å²) in [6, 6.07) is 13.8. The number of hydrogen-bond acceptors (Lipinski definition) is 4. The molecule has 34 heavy (non-hydrogen) atoms. The average molecular weight is 465 g/mol. The maximum atomic E-state index is 11.4. The summed E-state index contributed by atoms with van der Waals surface area (Å²) in [5.41, 5.74) is 5.75. The molecule has 0 spiro atoms. The molecule has 2 aromatic carbocycles. The normalized spacial score (nSPS) is 17.1. The maximum Gasteiger partial charge on any atom is 0.207 e. The topological polar surface area (TPSA) is 69.6 Å². The molecule has 1 saturated heterocycles. The number of nitrogens with one attached hydrogen (secondary N) is 1. The van der Waals surface area contributed by atoms with Crippen LogP contribution >= 0.6 is 0 Å². The van der Waals surface area contributed by atoms with Crippen molar-refractivity contribution >= 4 is 12.2 Å². The second-order valence-electron chi connectivity index (χ2n) is 9.62. The molecule has 5 nitrogen and oxygen atoms in total. The number of aliphatic hydroxyl groups is 1. The van der Waals surface area contributed by atoms with Crippen LogP contribution in [0.4, 0.5) is 0 Å². The van der Waals surface area contributed by atoms with Crippen LogP contribution in [0.2, 0.25) is 0 Å². The first kappa shape index (κ1) is 26.1. The van der Waals surface area contributed by atoms with E-state index in [4.69, 9.17) is 0 Å². The van der Waals surface area contributed by atoms with E-state index in [0.717, 1.165) is 50.0 Å². The van der Waals surface area contributed by atoms with E-state index in [-0.39, 0.29) is 11.8 Å². The minimum absolute atomic E-state index is 0.239. The van der Waals surface area contributed by atoms with Crippen molar-refractivity contribution in [1.82, 2.24) is 10.2 Å². The van der Waals surface area contributed by atoms with E-state index < -0.39 is 6.10 Å². The van der Waals surface area contributed by atoms with Crippen molar-refractivity contribution in [3.8, 4) is 0 Å². The third kappa shape index (κ3) is 7.51.